The third-order valence-corrected chi connectivity index (χ3v) is 5.18. The molecule has 2 N–H and O–H groups in total. The molecular weight excluding hydrogens is 276 g/mol. The van der Waals surface area contributed by atoms with Gasteiger partial charge in [-0.25, -0.2) is 0 Å². The molecule has 5 rings (SSSR count). The van der Waals surface area contributed by atoms with Gasteiger partial charge in [0.15, 0.2) is 0 Å². The molecule has 4 atom stereocenters. The molecule has 4 unspecified atom stereocenters. The normalized spacial score (nSPS) is 29.4. The third-order valence-electron chi connectivity index (χ3n) is 5.18. The van der Waals surface area contributed by atoms with Gasteiger partial charge in [-0.05, 0) is 51.2 Å². The number of aryl methyl sites for hydroxylation is 1. The van der Waals surface area contributed by atoms with Gasteiger partial charge in [0.2, 0.25) is 0 Å². The highest BCUT2D eigenvalue weighted by atomic mass is 16.6. The average molecular weight is 292 g/mol. The summed E-state index contributed by atoms with van der Waals surface area (Å²) in [7, 11) is 0. The van der Waals surface area contributed by atoms with E-state index >= 15 is 0 Å². The first-order chi connectivity index (χ1) is 10.7. The van der Waals surface area contributed by atoms with Crippen LogP contribution in [0.5, 0.6) is 0 Å². The number of fused-ring (bicyclic) bond motifs is 6. The highest BCUT2D eigenvalue weighted by Gasteiger charge is 2.54. The SMILES string of the molecule is Cc1c2ccccc2cc2c3c(ccc12)C(O)C(O)C1OC31. The molecule has 3 heteroatoms. The Kier molecular flexibility index (Phi) is 2.33. The molecule has 0 bridgehead atoms. The van der Waals surface area contributed by atoms with Gasteiger partial charge in [0.25, 0.3) is 0 Å². The lowest BCUT2D eigenvalue weighted by Crippen LogP contribution is -2.29. The van der Waals surface area contributed by atoms with Crippen LogP contribution >= 0.6 is 0 Å². The van der Waals surface area contributed by atoms with E-state index in [0.29, 0.717) is 0 Å². The van der Waals surface area contributed by atoms with Crippen molar-refractivity contribution in [2.45, 2.75) is 31.3 Å². The van der Waals surface area contributed by atoms with Crippen molar-refractivity contribution in [3.63, 3.8) is 0 Å². The van der Waals surface area contributed by atoms with Crippen molar-refractivity contribution in [1.82, 2.24) is 0 Å². The summed E-state index contributed by atoms with van der Waals surface area (Å²) in [6.07, 6.45) is -2.04. The summed E-state index contributed by atoms with van der Waals surface area (Å²) >= 11 is 0. The van der Waals surface area contributed by atoms with Gasteiger partial charge >= 0.3 is 0 Å². The molecule has 1 aliphatic heterocycles. The largest absolute Gasteiger partial charge is 0.387 e. The fourth-order valence-electron chi connectivity index (χ4n) is 3.96. The summed E-state index contributed by atoms with van der Waals surface area (Å²) in [5, 5.41) is 25.2. The Balaban J connectivity index is 1.91. The minimum atomic E-state index is -0.866. The zero-order valence-electron chi connectivity index (χ0n) is 12.2. The Morgan fingerprint density at radius 3 is 2.64 bits per heavy atom. The molecule has 1 aliphatic carbocycles. The van der Waals surface area contributed by atoms with E-state index in [4.69, 9.17) is 4.74 Å². The van der Waals surface area contributed by atoms with Crippen molar-refractivity contribution >= 4 is 21.5 Å². The van der Waals surface area contributed by atoms with Gasteiger partial charge in [-0.3, -0.25) is 0 Å². The van der Waals surface area contributed by atoms with Gasteiger partial charge < -0.3 is 14.9 Å². The van der Waals surface area contributed by atoms with Crippen LogP contribution in [-0.2, 0) is 4.74 Å². The first kappa shape index (κ1) is 12.6. The van der Waals surface area contributed by atoms with Crippen LogP contribution in [0.1, 0.15) is 28.9 Å². The van der Waals surface area contributed by atoms with Crippen LogP contribution < -0.4 is 0 Å². The maximum absolute atomic E-state index is 10.3. The molecule has 2 aliphatic rings. The van der Waals surface area contributed by atoms with E-state index in [0.717, 1.165) is 16.5 Å². The van der Waals surface area contributed by atoms with Gasteiger partial charge in [0.05, 0.1) is 0 Å². The van der Waals surface area contributed by atoms with E-state index < -0.39 is 12.2 Å². The number of ether oxygens (including phenoxy) is 1. The van der Waals surface area contributed by atoms with Crippen LogP contribution in [0.3, 0.4) is 0 Å². The minimum absolute atomic E-state index is 0.0855. The van der Waals surface area contributed by atoms with Crippen molar-refractivity contribution in [3.05, 3.63) is 59.2 Å². The third kappa shape index (κ3) is 1.46. The molecule has 0 aromatic heterocycles. The Morgan fingerprint density at radius 1 is 0.955 bits per heavy atom. The summed E-state index contributed by atoms with van der Waals surface area (Å²) < 4.78 is 5.64. The van der Waals surface area contributed by atoms with Crippen molar-refractivity contribution < 1.29 is 14.9 Å². The number of aliphatic hydroxyl groups excluding tert-OH is 2. The zero-order valence-corrected chi connectivity index (χ0v) is 12.2. The number of epoxide rings is 1. The lowest BCUT2D eigenvalue weighted by atomic mass is 9.83. The number of benzene rings is 3. The van der Waals surface area contributed by atoms with Crippen molar-refractivity contribution in [2.75, 3.05) is 0 Å². The molecular formula is C19H16O3. The van der Waals surface area contributed by atoms with Gasteiger partial charge in [0.1, 0.15) is 24.4 Å². The number of hydrogen-bond acceptors (Lipinski definition) is 3. The average Bonchev–Trinajstić information content (AvgIpc) is 3.33. The van der Waals surface area contributed by atoms with Crippen LogP contribution in [0.15, 0.2) is 42.5 Å². The Bertz CT molecular complexity index is 931. The first-order valence-electron chi connectivity index (χ1n) is 7.63. The summed E-state index contributed by atoms with van der Waals surface area (Å²) in [4.78, 5) is 0. The molecule has 1 saturated heterocycles. The summed E-state index contributed by atoms with van der Waals surface area (Å²) in [5.74, 6) is 0. The highest BCUT2D eigenvalue weighted by molar-refractivity contribution is 6.04. The molecule has 110 valence electrons. The quantitative estimate of drug-likeness (QED) is 0.494. The maximum atomic E-state index is 10.3. The lowest BCUT2D eigenvalue weighted by molar-refractivity contribution is 0.000105. The van der Waals surface area contributed by atoms with E-state index in [-0.39, 0.29) is 12.2 Å². The Morgan fingerprint density at radius 2 is 1.77 bits per heavy atom. The molecule has 0 amide bonds. The highest BCUT2D eigenvalue weighted by Crippen LogP contribution is 2.53. The maximum Gasteiger partial charge on any atom is 0.118 e. The summed E-state index contributed by atoms with van der Waals surface area (Å²) in [6, 6.07) is 14.5. The van der Waals surface area contributed by atoms with Crippen molar-refractivity contribution in [1.29, 1.82) is 0 Å². The van der Waals surface area contributed by atoms with Crippen molar-refractivity contribution in [2.24, 2.45) is 0 Å². The van der Waals surface area contributed by atoms with Gasteiger partial charge in [-0.2, -0.15) is 0 Å². The molecule has 1 heterocycles. The zero-order chi connectivity index (χ0) is 15.0. The fourth-order valence-corrected chi connectivity index (χ4v) is 3.96. The molecule has 0 radical (unpaired) electrons. The van der Waals surface area contributed by atoms with E-state index in [1.807, 2.05) is 12.1 Å². The topological polar surface area (TPSA) is 53.0 Å². The second kappa shape index (κ2) is 4.07. The summed E-state index contributed by atoms with van der Waals surface area (Å²) in [5.41, 5.74) is 3.09. The Hall–Kier alpha value is -1.94. The van der Waals surface area contributed by atoms with Crippen LogP contribution in [0.25, 0.3) is 21.5 Å². The number of aliphatic hydroxyl groups is 2. The molecule has 22 heavy (non-hydrogen) atoms. The summed E-state index contributed by atoms with van der Waals surface area (Å²) in [6.45, 7) is 2.14. The molecule has 3 nitrogen and oxygen atoms in total. The van der Waals surface area contributed by atoms with Crippen LogP contribution in [0.4, 0.5) is 0 Å². The molecule has 1 fully saturated rings. The smallest absolute Gasteiger partial charge is 0.118 e. The minimum Gasteiger partial charge on any atom is -0.387 e. The van der Waals surface area contributed by atoms with Crippen molar-refractivity contribution in [3.8, 4) is 0 Å². The first-order valence-corrected chi connectivity index (χ1v) is 7.63. The van der Waals surface area contributed by atoms with Crippen LogP contribution in [0.2, 0.25) is 0 Å². The van der Waals surface area contributed by atoms with E-state index in [1.54, 1.807) is 0 Å². The molecule has 3 aromatic carbocycles. The second-order valence-electron chi connectivity index (χ2n) is 6.34. The van der Waals surface area contributed by atoms with Gasteiger partial charge in [-0.1, -0.05) is 36.4 Å². The number of rotatable bonds is 0. The predicted octanol–water partition coefficient (Wildman–Crippen LogP) is 3.15. The van der Waals surface area contributed by atoms with E-state index in [1.165, 1.54) is 21.7 Å². The van der Waals surface area contributed by atoms with Gasteiger partial charge in [0, 0.05) is 0 Å². The molecule has 3 aromatic rings. The standard InChI is InChI=1S/C19H16O3/c1-9-11-5-3-2-4-10(11)8-14-12(9)6-7-13-15(14)18-19(22-18)17(21)16(13)20/h2-8,16-21H,1H3. The van der Waals surface area contributed by atoms with E-state index in [2.05, 4.69) is 37.3 Å². The molecule has 0 saturated carbocycles. The predicted molar refractivity (Wildman–Crippen MR) is 84.8 cm³/mol. The number of hydrogen-bond donors (Lipinski definition) is 2. The lowest BCUT2D eigenvalue weighted by Gasteiger charge is -2.25. The molecule has 0 spiro atoms. The van der Waals surface area contributed by atoms with Crippen LogP contribution in [0, 0.1) is 6.92 Å². The second-order valence-corrected chi connectivity index (χ2v) is 6.34. The van der Waals surface area contributed by atoms with E-state index in [9.17, 15) is 10.2 Å². The Labute approximate surface area is 127 Å². The fraction of sp³-hybridized carbons (Fsp3) is 0.263. The van der Waals surface area contributed by atoms with Crippen LogP contribution in [-0.4, -0.2) is 22.4 Å². The van der Waals surface area contributed by atoms with Gasteiger partial charge in [-0.15, -0.1) is 0 Å². The monoisotopic (exact) mass is 292 g/mol.